The molecule has 3 aliphatic rings. The van der Waals surface area contributed by atoms with Gasteiger partial charge in [-0.2, -0.15) is 0 Å². The summed E-state index contributed by atoms with van der Waals surface area (Å²) in [7, 11) is 1.64. The second-order valence-electron chi connectivity index (χ2n) is 8.41. The summed E-state index contributed by atoms with van der Waals surface area (Å²) in [5.74, 6) is 0.622. The number of aliphatic carboxylic acids is 1. The molecule has 2 heterocycles. The molecule has 2 saturated heterocycles. The van der Waals surface area contributed by atoms with Crippen LogP contribution in [0.4, 0.5) is 0 Å². The quantitative estimate of drug-likeness (QED) is 0.859. The molecule has 0 aromatic heterocycles. The molecule has 0 radical (unpaired) electrons. The van der Waals surface area contributed by atoms with E-state index in [9.17, 15) is 14.7 Å². The number of carboxylic acid groups (broad SMARTS) is 1. The van der Waals surface area contributed by atoms with Gasteiger partial charge >= 0.3 is 5.97 Å². The standard InChI is InChI=1S/C21H28N2O4/c1-27-17-4-2-3-15(11-17)13-23-14-21(12-18(23)20(25)26)7-9-22(10-8-21)19(24)16-5-6-16/h2-4,11,16,18H,5-10,12-14H2,1H3,(H,25,26)/t18-/m1/s1. The molecule has 1 N–H and O–H groups in total. The molecular formula is C21H28N2O4. The van der Waals surface area contributed by atoms with Crippen LogP contribution in [0.3, 0.4) is 0 Å². The molecule has 1 atom stereocenters. The Morgan fingerprint density at radius 3 is 2.63 bits per heavy atom. The third-order valence-corrected chi connectivity index (χ3v) is 6.47. The Morgan fingerprint density at radius 2 is 2.00 bits per heavy atom. The lowest BCUT2D eigenvalue weighted by molar-refractivity contribution is -0.142. The number of ether oxygens (including phenoxy) is 1. The molecule has 4 rings (SSSR count). The second kappa shape index (κ2) is 7.15. The Balaban J connectivity index is 1.44. The van der Waals surface area contributed by atoms with Crippen molar-refractivity contribution in [1.82, 2.24) is 9.80 Å². The zero-order chi connectivity index (χ0) is 19.0. The van der Waals surface area contributed by atoms with Gasteiger partial charge in [0.1, 0.15) is 11.8 Å². The van der Waals surface area contributed by atoms with Gasteiger partial charge < -0.3 is 14.7 Å². The summed E-state index contributed by atoms with van der Waals surface area (Å²) in [6.45, 7) is 2.94. The lowest BCUT2D eigenvalue weighted by Gasteiger charge is -2.39. The van der Waals surface area contributed by atoms with Gasteiger partial charge in [0.15, 0.2) is 0 Å². The molecule has 1 saturated carbocycles. The average molecular weight is 372 g/mol. The molecule has 146 valence electrons. The van der Waals surface area contributed by atoms with Gasteiger partial charge in [0.2, 0.25) is 5.91 Å². The van der Waals surface area contributed by atoms with E-state index in [-0.39, 0.29) is 11.3 Å². The van der Waals surface area contributed by atoms with Crippen LogP contribution in [0.1, 0.15) is 37.7 Å². The number of nitrogens with zero attached hydrogens (tertiary/aromatic N) is 2. The van der Waals surface area contributed by atoms with Crippen LogP contribution >= 0.6 is 0 Å². The summed E-state index contributed by atoms with van der Waals surface area (Å²) in [5, 5.41) is 9.77. The molecule has 1 aromatic carbocycles. The summed E-state index contributed by atoms with van der Waals surface area (Å²) < 4.78 is 5.29. The van der Waals surface area contributed by atoms with Crippen LogP contribution < -0.4 is 4.74 Å². The number of rotatable bonds is 5. The monoisotopic (exact) mass is 372 g/mol. The lowest BCUT2D eigenvalue weighted by atomic mass is 9.76. The highest BCUT2D eigenvalue weighted by Gasteiger charge is 2.49. The van der Waals surface area contributed by atoms with E-state index in [2.05, 4.69) is 4.90 Å². The minimum absolute atomic E-state index is 0.0161. The van der Waals surface area contributed by atoms with Crippen molar-refractivity contribution in [2.45, 2.75) is 44.7 Å². The molecule has 3 fully saturated rings. The predicted molar refractivity (Wildman–Crippen MR) is 100 cm³/mol. The summed E-state index contributed by atoms with van der Waals surface area (Å²) in [6.07, 6.45) is 4.57. The van der Waals surface area contributed by atoms with Crippen LogP contribution in [0.25, 0.3) is 0 Å². The minimum Gasteiger partial charge on any atom is -0.497 e. The van der Waals surface area contributed by atoms with E-state index in [1.807, 2.05) is 29.2 Å². The number of benzene rings is 1. The fraction of sp³-hybridized carbons (Fsp3) is 0.619. The van der Waals surface area contributed by atoms with Crippen LogP contribution in [-0.4, -0.2) is 59.6 Å². The Hall–Kier alpha value is -2.08. The number of hydrogen-bond donors (Lipinski definition) is 1. The SMILES string of the molecule is COc1cccc(CN2CC3(CCN(C(=O)C4CC4)CC3)C[C@@H]2C(=O)O)c1. The molecule has 1 aromatic rings. The highest BCUT2D eigenvalue weighted by molar-refractivity contribution is 5.81. The van der Waals surface area contributed by atoms with E-state index in [1.54, 1.807) is 7.11 Å². The lowest BCUT2D eigenvalue weighted by Crippen LogP contribution is -2.44. The molecule has 1 spiro atoms. The van der Waals surface area contributed by atoms with Crippen LogP contribution in [0.15, 0.2) is 24.3 Å². The van der Waals surface area contributed by atoms with Crippen LogP contribution in [0.2, 0.25) is 0 Å². The summed E-state index contributed by atoms with van der Waals surface area (Å²) in [5.41, 5.74) is 1.08. The number of hydrogen-bond acceptors (Lipinski definition) is 4. The number of carbonyl (C=O) groups excluding carboxylic acids is 1. The number of likely N-dealkylation sites (tertiary alicyclic amines) is 2. The first-order chi connectivity index (χ1) is 13.0. The second-order valence-corrected chi connectivity index (χ2v) is 8.41. The predicted octanol–water partition coefficient (Wildman–Crippen LogP) is 2.37. The van der Waals surface area contributed by atoms with Crippen molar-refractivity contribution in [3.05, 3.63) is 29.8 Å². The Morgan fingerprint density at radius 1 is 1.26 bits per heavy atom. The smallest absolute Gasteiger partial charge is 0.320 e. The summed E-state index contributed by atoms with van der Waals surface area (Å²) in [6, 6.07) is 7.37. The van der Waals surface area contributed by atoms with Crippen molar-refractivity contribution in [2.24, 2.45) is 11.3 Å². The van der Waals surface area contributed by atoms with E-state index in [0.717, 1.165) is 56.6 Å². The normalized spacial score (nSPS) is 24.9. The maximum Gasteiger partial charge on any atom is 0.320 e. The molecule has 27 heavy (non-hydrogen) atoms. The van der Waals surface area contributed by atoms with Gasteiger partial charge in [-0.1, -0.05) is 12.1 Å². The Labute approximate surface area is 160 Å². The van der Waals surface area contributed by atoms with Crippen molar-refractivity contribution < 1.29 is 19.4 Å². The van der Waals surface area contributed by atoms with Gasteiger partial charge in [-0.25, -0.2) is 0 Å². The van der Waals surface area contributed by atoms with Crippen molar-refractivity contribution in [2.75, 3.05) is 26.7 Å². The van der Waals surface area contributed by atoms with Gasteiger partial charge in [0, 0.05) is 32.1 Å². The first kappa shape index (κ1) is 18.3. The van der Waals surface area contributed by atoms with Crippen molar-refractivity contribution in [3.8, 4) is 5.75 Å². The number of methoxy groups -OCH3 is 1. The van der Waals surface area contributed by atoms with E-state index in [0.29, 0.717) is 18.9 Å². The van der Waals surface area contributed by atoms with Crippen LogP contribution in [-0.2, 0) is 16.1 Å². The minimum atomic E-state index is -0.744. The number of piperidine rings is 1. The van der Waals surface area contributed by atoms with Gasteiger partial charge in [0.25, 0.3) is 0 Å². The average Bonchev–Trinajstić information content (AvgIpc) is 3.46. The molecule has 6 nitrogen and oxygen atoms in total. The largest absolute Gasteiger partial charge is 0.497 e. The molecule has 1 aliphatic carbocycles. The maximum atomic E-state index is 12.3. The zero-order valence-corrected chi connectivity index (χ0v) is 15.9. The number of carbonyl (C=O) groups is 2. The third kappa shape index (κ3) is 3.81. The topological polar surface area (TPSA) is 70.1 Å². The molecule has 2 aliphatic heterocycles. The van der Waals surface area contributed by atoms with E-state index >= 15 is 0 Å². The maximum absolute atomic E-state index is 12.3. The fourth-order valence-corrected chi connectivity index (χ4v) is 4.71. The Bertz CT molecular complexity index is 723. The molecule has 1 amide bonds. The summed E-state index contributed by atoms with van der Waals surface area (Å²) >= 11 is 0. The number of amides is 1. The Kier molecular flexibility index (Phi) is 4.84. The van der Waals surface area contributed by atoms with E-state index in [1.165, 1.54) is 0 Å². The third-order valence-electron chi connectivity index (χ3n) is 6.47. The highest BCUT2D eigenvalue weighted by Crippen LogP contribution is 2.45. The van der Waals surface area contributed by atoms with E-state index < -0.39 is 12.0 Å². The van der Waals surface area contributed by atoms with Crippen molar-refractivity contribution >= 4 is 11.9 Å². The van der Waals surface area contributed by atoms with E-state index in [4.69, 9.17) is 4.74 Å². The first-order valence-corrected chi connectivity index (χ1v) is 9.88. The van der Waals surface area contributed by atoms with Gasteiger partial charge in [-0.3, -0.25) is 14.5 Å². The van der Waals surface area contributed by atoms with Gasteiger partial charge in [-0.15, -0.1) is 0 Å². The summed E-state index contributed by atoms with van der Waals surface area (Å²) in [4.78, 5) is 28.3. The zero-order valence-electron chi connectivity index (χ0n) is 15.9. The van der Waals surface area contributed by atoms with Gasteiger partial charge in [-0.05, 0) is 55.2 Å². The van der Waals surface area contributed by atoms with Gasteiger partial charge in [0.05, 0.1) is 7.11 Å². The molecule has 6 heteroatoms. The number of carboxylic acids is 1. The molecule has 0 unspecified atom stereocenters. The van der Waals surface area contributed by atoms with Crippen LogP contribution in [0, 0.1) is 11.3 Å². The first-order valence-electron chi connectivity index (χ1n) is 9.88. The highest BCUT2D eigenvalue weighted by atomic mass is 16.5. The van der Waals surface area contributed by atoms with Crippen molar-refractivity contribution in [1.29, 1.82) is 0 Å². The van der Waals surface area contributed by atoms with Crippen LogP contribution in [0.5, 0.6) is 5.75 Å². The molecular weight excluding hydrogens is 344 g/mol. The molecule has 0 bridgehead atoms. The van der Waals surface area contributed by atoms with Crippen molar-refractivity contribution in [3.63, 3.8) is 0 Å². The fourth-order valence-electron chi connectivity index (χ4n) is 4.71.